The van der Waals surface area contributed by atoms with Gasteiger partial charge in [0.25, 0.3) is 0 Å². The standard InChI is InChI=1S/C17H26BrNO2/c1-2-17(14-6-3-7-15(18)12-14)19-9-5-10-20-13-16-8-4-11-21-16/h3,6-7,12,16-17,19H,2,4-5,8-11,13H2,1H3. The average Bonchev–Trinajstić information content (AvgIpc) is 3.00. The summed E-state index contributed by atoms with van der Waals surface area (Å²) in [5.41, 5.74) is 1.34. The zero-order chi connectivity index (χ0) is 14.9. The molecule has 1 fully saturated rings. The zero-order valence-electron chi connectivity index (χ0n) is 12.8. The lowest BCUT2D eigenvalue weighted by Crippen LogP contribution is -2.23. The van der Waals surface area contributed by atoms with Crippen molar-refractivity contribution in [3.63, 3.8) is 0 Å². The fraction of sp³-hybridized carbons (Fsp3) is 0.647. The molecule has 1 N–H and O–H groups in total. The van der Waals surface area contributed by atoms with Crippen molar-refractivity contribution in [3.8, 4) is 0 Å². The van der Waals surface area contributed by atoms with Crippen LogP contribution in [0.3, 0.4) is 0 Å². The Hall–Kier alpha value is -0.420. The lowest BCUT2D eigenvalue weighted by atomic mass is 10.0. The van der Waals surface area contributed by atoms with Crippen molar-refractivity contribution in [1.29, 1.82) is 0 Å². The first-order valence-electron chi connectivity index (χ1n) is 7.97. The van der Waals surface area contributed by atoms with Crippen LogP contribution in [0.1, 0.15) is 44.2 Å². The molecule has 3 nitrogen and oxygen atoms in total. The van der Waals surface area contributed by atoms with Crippen molar-refractivity contribution in [2.45, 2.75) is 44.8 Å². The molecule has 21 heavy (non-hydrogen) atoms. The Morgan fingerprint density at radius 1 is 1.48 bits per heavy atom. The fourth-order valence-corrected chi connectivity index (χ4v) is 3.08. The lowest BCUT2D eigenvalue weighted by molar-refractivity contribution is 0.0165. The predicted octanol–water partition coefficient (Wildman–Crippen LogP) is 4.08. The molecule has 0 radical (unpaired) electrons. The third kappa shape index (κ3) is 6.07. The minimum Gasteiger partial charge on any atom is -0.379 e. The number of halogens is 1. The van der Waals surface area contributed by atoms with E-state index in [1.165, 1.54) is 12.0 Å². The Labute approximate surface area is 136 Å². The van der Waals surface area contributed by atoms with Crippen LogP contribution in [0.5, 0.6) is 0 Å². The van der Waals surface area contributed by atoms with Crippen molar-refractivity contribution in [2.24, 2.45) is 0 Å². The summed E-state index contributed by atoms with van der Waals surface area (Å²) in [6.07, 6.45) is 4.80. The summed E-state index contributed by atoms with van der Waals surface area (Å²) in [7, 11) is 0. The molecule has 0 aliphatic carbocycles. The molecule has 0 bridgehead atoms. The molecule has 2 unspecified atom stereocenters. The topological polar surface area (TPSA) is 30.5 Å². The second-order valence-electron chi connectivity index (χ2n) is 5.53. The van der Waals surface area contributed by atoms with Crippen molar-refractivity contribution < 1.29 is 9.47 Å². The molecular weight excluding hydrogens is 330 g/mol. The summed E-state index contributed by atoms with van der Waals surface area (Å²) in [6, 6.07) is 8.94. The molecule has 1 aromatic carbocycles. The normalized spacial score (nSPS) is 19.8. The van der Waals surface area contributed by atoms with Gasteiger partial charge in [0.05, 0.1) is 12.7 Å². The first-order valence-corrected chi connectivity index (χ1v) is 8.77. The minimum absolute atomic E-state index is 0.336. The largest absolute Gasteiger partial charge is 0.379 e. The van der Waals surface area contributed by atoms with Crippen molar-refractivity contribution in [2.75, 3.05) is 26.4 Å². The van der Waals surface area contributed by atoms with Gasteiger partial charge in [-0.3, -0.25) is 0 Å². The van der Waals surface area contributed by atoms with E-state index in [4.69, 9.17) is 9.47 Å². The molecule has 0 aromatic heterocycles. The number of hydrogen-bond acceptors (Lipinski definition) is 3. The highest BCUT2D eigenvalue weighted by Crippen LogP contribution is 2.20. The van der Waals surface area contributed by atoms with Crippen molar-refractivity contribution in [1.82, 2.24) is 5.32 Å². The summed E-state index contributed by atoms with van der Waals surface area (Å²) in [5.74, 6) is 0. The number of rotatable bonds is 9. The molecule has 1 aromatic rings. The van der Waals surface area contributed by atoms with E-state index in [1.54, 1.807) is 0 Å². The summed E-state index contributed by atoms with van der Waals surface area (Å²) in [6.45, 7) is 5.66. The molecule has 0 saturated carbocycles. The highest BCUT2D eigenvalue weighted by Gasteiger charge is 2.15. The van der Waals surface area contributed by atoms with Gasteiger partial charge in [-0.05, 0) is 49.9 Å². The quantitative estimate of drug-likeness (QED) is 0.677. The van der Waals surface area contributed by atoms with Crippen molar-refractivity contribution >= 4 is 15.9 Å². The molecule has 4 heteroatoms. The van der Waals surface area contributed by atoms with Crippen LogP contribution in [-0.2, 0) is 9.47 Å². The van der Waals surface area contributed by atoms with Gasteiger partial charge in [-0.2, -0.15) is 0 Å². The van der Waals surface area contributed by atoms with E-state index in [9.17, 15) is 0 Å². The Balaban J connectivity index is 1.60. The summed E-state index contributed by atoms with van der Waals surface area (Å²) < 4.78 is 12.4. The van der Waals surface area contributed by atoms with Crippen LogP contribution in [0, 0.1) is 0 Å². The molecule has 1 aliphatic heterocycles. The van der Waals surface area contributed by atoms with Gasteiger partial charge in [0.15, 0.2) is 0 Å². The maximum absolute atomic E-state index is 5.69. The minimum atomic E-state index is 0.336. The third-order valence-electron chi connectivity index (χ3n) is 3.84. The fourth-order valence-electron chi connectivity index (χ4n) is 2.66. The molecule has 0 spiro atoms. The molecule has 1 saturated heterocycles. The summed E-state index contributed by atoms with van der Waals surface area (Å²) in [5, 5.41) is 3.61. The molecule has 2 rings (SSSR count). The molecule has 2 atom stereocenters. The Morgan fingerprint density at radius 3 is 3.10 bits per heavy atom. The summed E-state index contributed by atoms with van der Waals surface area (Å²) in [4.78, 5) is 0. The van der Waals surface area contributed by atoms with Crippen LogP contribution in [0.4, 0.5) is 0 Å². The Morgan fingerprint density at radius 2 is 2.38 bits per heavy atom. The molecule has 118 valence electrons. The number of hydrogen-bond donors (Lipinski definition) is 1. The monoisotopic (exact) mass is 355 g/mol. The number of ether oxygens (including phenoxy) is 2. The van der Waals surface area contributed by atoms with Crippen LogP contribution in [-0.4, -0.2) is 32.5 Å². The van der Waals surface area contributed by atoms with E-state index < -0.39 is 0 Å². The number of nitrogens with one attached hydrogen (secondary N) is 1. The van der Waals surface area contributed by atoms with Crippen LogP contribution >= 0.6 is 15.9 Å². The predicted molar refractivity (Wildman–Crippen MR) is 89.6 cm³/mol. The number of benzene rings is 1. The molecular formula is C17H26BrNO2. The van der Waals surface area contributed by atoms with E-state index in [0.29, 0.717) is 12.1 Å². The van der Waals surface area contributed by atoms with Gasteiger partial charge in [0.1, 0.15) is 0 Å². The lowest BCUT2D eigenvalue weighted by Gasteiger charge is -2.18. The highest BCUT2D eigenvalue weighted by molar-refractivity contribution is 9.10. The van der Waals surface area contributed by atoms with E-state index in [-0.39, 0.29) is 0 Å². The third-order valence-corrected chi connectivity index (χ3v) is 4.34. The first-order chi connectivity index (χ1) is 10.3. The van der Waals surface area contributed by atoms with Gasteiger partial charge in [0, 0.05) is 23.7 Å². The van der Waals surface area contributed by atoms with Crippen LogP contribution in [0.25, 0.3) is 0 Å². The van der Waals surface area contributed by atoms with E-state index in [2.05, 4.69) is 52.4 Å². The second-order valence-corrected chi connectivity index (χ2v) is 6.45. The SMILES string of the molecule is CCC(NCCCOCC1CCCO1)c1cccc(Br)c1. The zero-order valence-corrected chi connectivity index (χ0v) is 14.4. The highest BCUT2D eigenvalue weighted by atomic mass is 79.9. The molecule has 1 heterocycles. The van der Waals surface area contributed by atoms with E-state index in [1.807, 2.05) is 0 Å². The average molecular weight is 356 g/mol. The van der Waals surface area contributed by atoms with Crippen molar-refractivity contribution in [3.05, 3.63) is 34.3 Å². The smallest absolute Gasteiger partial charge is 0.0809 e. The van der Waals surface area contributed by atoms with Gasteiger partial charge in [0.2, 0.25) is 0 Å². The maximum atomic E-state index is 5.69. The molecule has 1 aliphatic rings. The second kappa shape index (κ2) is 9.57. The molecule has 0 amide bonds. The Bertz CT molecular complexity index is 408. The maximum Gasteiger partial charge on any atom is 0.0809 e. The van der Waals surface area contributed by atoms with E-state index >= 15 is 0 Å². The van der Waals surface area contributed by atoms with Gasteiger partial charge in [-0.1, -0.05) is 35.0 Å². The van der Waals surface area contributed by atoms with Gasteiger partial charge >= 0.3 is 0 Å². The first kappa shape index (κ1) is 16.9. The summed E-state index contributed by atoms with van der Waals surface area (Å²) >= 11 is 3.53. The van der Waals surface area contributed by atoms with Crippen LogP contribution < -0.4 is 5.32 Å². The van der Waals surface area contributed by atoms with Crippen LogP contribution in [0.2, 0.25) is 0 Å². The van der Waals surface area contributed by atoms with Gasteiger partial charge in [-0.25, -0.2) is 0 Å². The Kier molecular flexibility index (Phi) is 7.72. The van der Waals surface area contributed by atoms with Crippen LogP contribution in [0.15, 0.2) is 28.7 Å². The van der Waals surface area contributed by atoms with Gasteiger partial charge < -0.3 is 14.8 Å². The van der Waals surface area contributed by atoms with Gasteiger partial charge in [-0.15, -0.1) is 0 Å². The van der Waals surface area contributed by atoms with E-state index in [0.717, 1.165) is 50.1 Å².